The number of nitrogens with one attached hydrogen (secondary N) is 2. The summed E-state index contributed by atoms with van der Waals surface area (Å²) < 4.78 is 0. The molecule has 0 radical (unpaired) electrons. The van der Waals surface area contributed by atoms with Gasteiger partial charge in [-0.05, 0) is 18.1 Å². The predicted octanol–water partition coefficient (Wildman–Crippen LogP) is 3.00. The van der Waals surface area contributed by atoms with E-state index in [9.17, 15) is 19.7 Å². The van der Waals surface area contributed by atoms with Crippen LogP contribution in [-0.4, -0.2) is 34.9 Å². The molecule has 0 aromatic heterocycles. The Morgan fingerprint density at radius 1 is 1.26 bits per heavy atom. The lowest BCUT2D eigenvalue weighted by atomic mass is 10.0. The van der Waals surface area contributed by atoms with Crippen molar-refractivity contribution in [3.05, 3.63) is 69.8 Å². The Morgan fingerprint density at radius 3 is 2.70 bits per heavy atom. The molecule has 27 heavy (non-hydrogen) atoms. The summed E-state index contributed by atoms with van der Waals surface area (Å²) in [7, 11) is 0. The van der Waals surface area contributed by atoms with Gasteiger partial charge in [0.15, 0.2) is 0 Å². The van der Waals surface area contributed by atoms with E-state index in [0.29, 0.717) is 24.3 Å². The zero-order valence-electron chi connectivity index (χ0n) is 14.8. The van der Waals surface area contributed by atoms with Gasteiger partial charge in [-0.2, -0.15) is 0 Å². The van der Waals surface area contributed by atoms with Crippen molar-refractivity contribution in [2.45, 2.75) is 19.4 Å². The van der Waals surface area contributed by atoms with Crippen LogP contribution < -0.4 is 10.6 Å². The number of amides is 3. The van der Waals surface area contributed by atoms with E-state index in [4.69, 9.17) is 0 Å². The molecule has 3 rings (SSSR count). The summed E-state index contributed by atoms with van der Waals surface area (Å²) in [5.41, 5.74) is 1.86. The Kier molecular flexibility index (Phi) is 5.35. The third-order valence-corrected chi connectivity index (χ3v) is 4.55. The molecule has 8 heteroatoms. The van der Waals surface area contributed by atoms with Crippen LogP contribution in [0.3, 0.4) is 0 Å². The molecule has 1 aliphatic heterocycles. The first-order valence-corrected chi connectivity index (χ1v) is 8.60. The number of urea groups is 1. The van der Waals surface area contributed by atoms with E-state index in [2.05, 4.69) is 10.6 Å². The summed E-state index contributed by atoms with van der Waals surface area (Å²) in [6.07, 6.45) is 0.158. The van der Waals surface area contributed by atoms with E-state index in [-0.39, 0.29) is 18.0 Å². The molecule has 1 atom stereocenters. The fraction of sp³-hybridized carbons (Fsp3) is 0.263. The third-order valence-electron chi connectivity index (χ3n) is 4.55. The largest absolute Gasteiger partial charge is 0.354 e. The quantitative estimate of drug-likeness (QED) is 0.642. The van der Waals surface area contributed by atoms with Crippen molar-refractivity contribution in [3.63, 3.8) is 0 Å². The van der Waals surface area contributed by atoms with E-state index in [0.717, 1.165) is 5.56 Å². The molecule has 2 aromatic rings. The SMILES string of the molecule is Cc1ccc([N+](=O)[O-])cc1NC(=O)N1CCNC(=O)C[C@@H]1c1ccccc1. The van der Waals surface area contributed by atoms with Crippen LogP contribution in [0.1, 0.15) is 23.6 Å². The van der Waals surface area contributed by atoms with E-state index in [1.165, 1.54) is 12.1 Å². The van der Waals surface area contributed by atoms with Gasteiger partial charge >= 0.3 is 6.03 Å². The molecular formula is C19H20N4O4. The molecule has 2 N–H and O–H groups in total. The van der Waals surface area contributed by atoms with Crippen molar-refractivity contribution in [2.24, 2.45) is 0 Å². The van der Waals surface area contributed by atoms with Crippen molar-refractivity contribution in [1.29, 1.82) is 0 Å². The first kappa shape index (κ1) is 18.4. The lowest BCUT2D eigenvalue weighted by Gasteiger charge is -2.29. The molecule has 0 bridgehead atoms. The number of hydrogen-bond acceptors (Lipinski definition) is 4. The van der Waals surface area contributed by atoms with Crippen LogP contribution >= 0.6 is 0 Å². The summed E-state index contributed by atoms with van der Waals surface area (Å²) in [6, 6.07) is 12.9. The Morgan fingerprint density at radius 2 is 2.00 bits per heavy atom. The maximum Gasteiger partial charge on any atom is 0.322 e. The summed E-state index contributed by atoms with van der Waals surface area (Å²) in [4.78, 5) is 37.1. The number of hydrogen-bond donors (Lipinski definition) is 2. The minimum atomic E-state index is -0.504. The van der Waals surface area contributed by atoms with Gasteiger partial charge in [0.1, 0.15) is 0 Å². The molecule has 0 saturated carbocycles. The van der Waals surface area contributed by atoms with E-state index < -0.39 is 17.0 Å². The zero-order chi connectivity index (χ0) is 19.4. The average Bonchev–Trinajstić information content (AvgIpc) is 2.85. The number of anilines is 1. The minimum absolute atomic E-state index is 0.0942. The molecule has 8 nitrogen and oxygen atoms in total. The zero-order valence-corrected chi connectivity index (χ0v) is 14.8. The van der Waals surface area contributed by atoms with Crippen molar-refractivity contribution < 1.29 is 14.5 Å². The normalized spacial score (nSPS) is 17.0. The Hall–Kier alpha value is -3.42. The molecule has 1 fully saturated rings. The second-order valence-electron chi connectivity index (χ2n) is 6.36. The molecule has 2 aromatic carbocycles. The van der Waals surface area contributed by atoms with Gasteiger partial charge in [0.25, 0.3) is 5.69 Å². The lowest BCUT2D eigenvalue weighted by Crippen LogP contribution is -2.39. The van der Waals surface area contributed by atoms with Crippen molar-refractivity contribution in [2.75, 3.05) is 18.4 Å². The second kappa shape index (κ2) is 7.86. The second-order valence-corrected chi connectivity index (χ2v) is 6.36. The fourth-order valence-electron chi connectivity index (χ4n) is 3.09. The maximum atomic E-state index is 12.9. The molecule has 0 unspecified atom stereocenters. The van der Waals surface area contributed by atoms with Crippen molar-refractivity contribution >= 4 is 23.3 Å². The Labute approximate surface area is 156 Å². The van der Waals surface area contributed by atoms with E-state index in [1.54, 1.807) is 17.9 Å². The summed E-state index contributed by atoms with van der Waals surface area (Å²) in [5, 5.41) is 16.5. The van der Waals surface area contributed by atoms with Gasteiger partial charge in [-0.15, -0.1) is 0 Å². The van der Waals surface area contributed by atoms with Gasteiger partial charge in [-0.3, -0.25) is 14.9 Å². The fourth-order valence-corrected chi connectivity index (χ4v) is 3.09. The number of nitrogens with zero attached hydrogens (tertiary/aromatic N) is 2. The molecule has 140 valence electrons. The maximum absolute atomic E-state index is 12.9. The van der Waals surface area contributed by atoms with Crippen LogP contribution in [0.15, 0.2) is 48.5 Å². The highest BCUT2D eigenvalue weighted by Gasteiger charge is 2.30. The standard InChI is InChI=1S/C19H20N4O4/c1-13-7-8-15(23(26)27)11-16(13)21-19(25)22-10-9-20-18(24)12-17(22)14-5-3-2-4-6-14/h2-8,11,17H,9-10,12H2,1H3,(H,20,24)(H,21,25)/t17-/m1/s1. The minimum Gasteiger partial charge on any atom is -0.354 e. The van der Waals surface area contributed by atoms with Crippen molar-refractivity contribution in [1.82, 2.24) is 10.2 Å². The predicted molar refractivity (Wildman–Crippen MR) is 100 cm³/mol. The Bertz CT molecular complexity index is 869. The summed E-state index contributed by atoms with van der Waals surface area (Å²) in [6.45, 7) is 2.45. The molecule has 0 spiro atoms. The third kappa shape index (κ3) is 4.22. The smallest absolute Gasteiger partial charge is 0.322 e. The molecule has 1 heterocycles. The molecule has 3 amide bonds. The van der Waals surface area contributed by atoms with Crippen LogP contribution in [0.25, 0.3) is 0 Å². The first-order chi connectivity index (χ1) is 13.0. The highest BCUT2D eigenvalue weighted by atomic mass is 16.6. The topological polar surface area (TPSA) is 105 Å². The number of benzene rings is 2. The number of aryl methyl sites for hydroxylation is 1. The summed E-state index contributed by atoms with van der Waals surface area (Å²) in [5.74, 6) is -0.120. The number of nitro benzene ring substituents is 1. The van der Waals surface area contributed by atoms with Crippen LogP contribution in [0.2, 0.25) is 0 Å². The highest BCUT2D eigenvalue weighted by Crippen LogP contribution is 2.28. The molecule has 1 aliphatic rings. The highest BCUT2D eigenvalue weighted by molar-refractivity contribution is 5.91. The summed E-state index contributed by atoms with van der Waals surface area (Å²) >= 11 is 0. The van der Waals surface area contributed by atoms with Crippen LogP contribution in [-0.2, 0) is 4.79 Å². The van der Waals surface area contributed by atoms with Crippen LogP contribution in [0.5, 0.6) is 0 Å². The Balaban J connectivity index is 1.88. The monoisotopic (exact) mass is 368 g/mol. The lowest BCUT2D eigenvalue weighted by molar-refractivity contribution is -0.384. The van der Waals surface area contributed by atoms with Crippen LogP contribution in [0.4, 0.5) is 16.2 Å². The van der Waals surface area contributed by atoms with Gasteiger partial charge in [0.05, 0.1) is 23.1 Å². The van der Waals surface area contributed by atoms with E-state index >= 15 is 0 Å². The van der Waals surface area contributed by atoms with Gasteiger partial charge in [-0.25, -0.2) is 4.79 Å². The average molecular weight is 368 g/mol. The van der Waals surface area contributed by atoms with Gasteiger partial charge in [-0.1, -0.05) is 36.4 Å². The molecular weight excluding hydrogens is 348 g/mol. The first-order valence-electron chi connectivity index (χ1n) is 8.60. The molecule has 0 aliphatic carbocycles. The number of carbonyl (C=O) groups is 2. The number of non-ortho nitro benzene ring substituents is 1. The van der Waals surface area contributed by atoms with Gasteiger partial charge in [0.2, 0.25) is 5.91 Å². The van der Waals surface area contributed by atoms with E-state index in [1.807, 2.05) is 30.3 Å². The van der Waals surface area contributed by atoms with Gasteiger partial charge < -0.3 is 15.5 Å². The van der Waals surface area contributed by atoms with Crippen LogP contribution in [0, 0.1) is 17.0 Å². The van der Waals surface area contributed by atoms with Crippen molar-refractivity contribution in [3.8, 4) is 0 Å². The molecule has 1 saturated heterocycles. The number of rotatable bonds is 3. The van der Waals surface area contributed by atoms with Gasteiger partial charge in [0, 0.05) is 25.2 Å². The number of carbonyl (C=O) groups excluding carboxylic acids is 2. The number of nitro groups is 1.